The Morgan fingerprint density at radius 2 is 0.480 bits per heavy atom. The van der Waals surface area contributed by atoms with Gasteiger partial charge in [0, 0.05) is 25.7 Å². The minimum absolute atomic E-state index is 0.108. The highest BCUT2D eigenvalue weighted by Gasteiger charge is 2.30. The van der Waals surface area contributed by atoms with E-state index in [1.165, 1.54) is 238 Å². The molecule has 19 heteroatoms. The lowest BCUT2D eigenvalue weighted by molar-refractivity contribution is -0.161. The van der Waals surface area contributed by atoms with Gasteiger partial charge in [-0.2, -0.15) is 0 Å². The lowest BCUT2D eigenvalue weighted by Crippen LogP contribution is -2.30. The first-order chi connectivity index (χ1) is 48.4. The molecule has 0 saturated carbocycles. The predicted octanol–water partition coefficient (Wildman–Crippen LogP) is 24.3. The van der Waals surface area contributed by atoms with Crippen LogP contribution < -0.4 is 0 Å². The summed E-state index contributed by atoms with van der Waals surface area (Å²) in [6, 6.07) is 0. The van der Waals surface area contributed by atoms with Crippen molar-refractivity contribution in [2.75, 3.05) is 39.6 Å². The molecule has 100 heavy (non-hydrogen) atoms. The van der Waals surface area contributed by atoms with E-state index in [1.54, 1.807) is 0 Å². The summed E-state index contributed by atoms with van der Waals surface area (Å²) in [7, 11) is -9.92. The molecule has 0 bridgehead atoms. The van der Waals surface area contributed by atoms with Gasteiger partial charge < -0.3 is 33.8 Å². The van der Waals surface area contributed by atoms with Crippen molar-refractivity contribution in [3.8, 4) is 0 Å². The number of hydrogen-bond donors (Lipinski definition) is 3. The van der Waals surface area contributed by atoms with Crippen LogP contribution in [0.15, 0.2) is 0 Å². The number of ether oxygens (including phenoxy) is 4. The van der Waals surface area contributed by atoms with Crippen LogP contribution in [-0.2, 0) is 65.4 Å². The largest absolute Gasteiger partial charge is 0.472 e. The van der Waals surface area contributed by atoms with Crippen LogP contribution >= 0.6 is 15.6 Å². The summed E-state index contributed by atoms with van der Waals surface area (Å²) in [5, 5.41) is 10.6. The van der Waals surface area contributed by atoms with Gasteiger partial charge in [-0.3, -0.25) is 37.3 Å². The zero-order valence-electron chi connectivity index (χ0n) is 65.5. The number of aliphatic hydroxyl groups excluding tert-OH is 1. The normalized spacial score (nSPS) is 14.4. The molecule has 0 heterocycles. The maximum Gasteiger partial charge on any atom is 0.472 e. The van der Waals surface area contributed by atoms with Crippen LogP contribution in [-0.4, -0.2) is 96.7 Å². The number of rotatable bonds is 80. The van der Waals surface area contributed by atoms with Crippen molar-refractivity contribution in [3.05, 3.63) is 0 Å². The van der Waals surface area contributed by atoms with Crippen LogP contribution in [0.3, 0.4) is 0 Å². The van der Waals surface area contributed by atoms with Crippen molar-refractivity contribution in [2.24, 2.45) is 11.8 Å². The van der Waals surface area contributed by atoms with Crippen molar-refractivity contribution < 1.29 is 80.2 Å². The second-order valence-electron chi connectivity index (χ2n) is 29.6. The minimum atomic E-state index is -4.96. The van der Waals surface area contributed by atoms with Gasteiger partial charge in [-0.25, -0.2) is 9.13 Å². The molecule has 594 valence electrons. The fourth-order valence-corrected chi connectivity index (χ4v) is 14.1. The second kappa shape index (κ2) is 72.6. The number of hydrogen-bond acceptors (Lipinski definition) is 15. The summed E-state index contributed by atoms with van der Waals surface area (Å²) in [6.45, 7) is 9.66. The van der Waals surface area contributed by atoms with Gasteiger partial charge in [0.25, 0.3) is 0 Å². The SMILES string of the molecule is CCCCCCCCCCCCCCCCCCC(=O)OC[C@H](COP(=O)(O)OC[C@@H](O)COP(=O)(O)OC[C@@H](COC(=O)CCCCCCCCC(C)CC)OC(=O)CCCCCCCCCCCCCCCCCC)OC(=O)CCCCCCCCCCCCCCCCC(C)CC. The zero-order chi connectivity index (χ0) is 73.5. The van der Waals surface area contributed by atoms with E-state index in [2.05, 4.69) is 41.5 Å². The maximum atomic E-state index is 13.1. The van der Waals surface area contributed by atoms with Gasteiger partial charge in [-0.15, -0.1) is 0 Å². The van der Waals surface area contributed by atoms with Crippen molar-refractivity contribution in [3.63, 3.8) is 0 Å². The molecule has 0 aliphatic rings. The Morgan fingerprint density at radius 1 is 0.280 bits per heavy atom. The van der Waals surface area contributed by atoms with Crippen molar-refractivity contribution in [1.82, 2.24) is 0 Å². The lowest BCUT2D eigenvalue weighted by Gasteiger charge is -2.21. The number of esters is 4. The lowest BCUT2D eigenvalue weighted by atomic mass is 9.99. The Bertz CT molecular complexity index is 1930. The Balaban J connectivity index is 5.25. The first kappa shape index (κ1) is 98.1. The molecule has 0 saturated heterocycles. The van der Waals surface area contributed by atoms with Gasteiger partial charge in [0.15, 0.2) is 12.2 Å². The van der Waals surface area contributed by atoms with Gasteiger partial charge in [0.2, 0.25) is 0 Å². The summed E-state index contributed by atoms with van der Waals surface area (Å²) in [5.41, 5.74) is 0. The van der Waals surface area contributed by atoms with Crippen LogP contribution in [0.4, 0.5) is 0 Å². The number of aliphatic hydroxyl groups is 1. The molecule has 0 amide bonds. The predicted molar refractivity (Wildman–Crippen MR) is 409 cm³/mol. The van der Waals surface area contributed by atoms with Gasteiger partial charge in [-0.05, 0) is 37.5 Å². The monoisotopic (exact) mass is 1470 g/mol. The molecule has 0 fully saturated rings. The maximum absolute atomic E-state index is 13.1. The molecule has 0 spiro atoms. The molecule has 0 aliphatic heterocycles. The molecule has 3 N–H and O–H groups in total. The molecule has 4 unspecified atom stereocenters. The molecule has 0 radical (unpaired) electrons. The van der Waals surface area contributed by atoms with Crippen molar-refractivity contribution in [2.45, 2.75) is 445 Å². The first-order valence-corrected chi connectivity index (χ1v) is 45.1. The number of phosphoric acid groups is 2. The summed E-state index contributed by atoms with van der Waals surface area (Å²) in [6.07, 6.45) is 62.3. The quantitative estimate of drug-likeness (QED) is 0.0222. The van der Waals surface area contributed by atoms with Crippen molar-refractivity contribution >= 4 is 39.5 Å². The van der Waals surface area contributed by atoms with E-state index in [0.29, 0.717) is 25.7 Å². The zero-order valence-corrected chi connectivity index (χ0v) is 67.3. The highest BCUT2D eigenvalue weighted by Crippen LogP contribution is 2.45. The minimum Gasteiger partial charge on any atom is -0.462 e. The molecular weight excluding hydrogens is 1310 g/mol. The molecule has 0 rings (SSSR count). The Kier molecular flexibility index (Phi) is 71.2. The highest BCUT2D eigenvalue weighted by atomic mass is 31.2. The summed E-state index contributed by atoms with van der Waals surface area (Å²) in [5.74, 6) is -0.531. The van der Waals surface area contributed by atoms with Crippen LogP contribution in [0.25, 0.3) is 0 Å². The number of carbonyl (C=O) groups excluding carboxylic acids is 4. The Morgan fingerprint density at radius 3 is 0.710 bits per heavy atom. The van der Waals surface area contributed by atoms with Gasteiger partial charge in [0.05, 0.1) is 26.4 Å². The molecule has 0 aromatic carbocycles. The van der Waals surface area contributed by atoms with Crippen molar-refractivity contribution in [1.29, 1.82) is 0 Å². The topological polar surface area (TPSA) is 237 Å². The van der Waals surface area contributed by atoms with Crippen LogP contribution in [0, 0.1) is 11.8 Å². The Labute approximate surface area is 613 Å². The van der Waals surface area contributed by atoms with E-state index < -0.39 is 97.5 Å². The first-order valence-electron chi connectivity index (χ1n) is 42.1. The molecule has 0 aromatic rings. The number of carbonyl (C=O) groups is 4. The van der Waals surface area contributed by atoms with E-state index in [0.717, 1.165) is 108 Å². The van der Waals surface area contributed by atoms with E-state index in [9.17, 15) is 43.2 Å². The highest BCUT2D eigenvalue weighted by molar-refractivity contribution is 7.47. The average Bonchev–Trinajstić information content (AvgIpc) is 0.954. The van der Waals surface area contributed by atoms with E-state index >= 15 is 0 Å². The third kappa shape index (κ3) is 71.7. The Hall–Kier alpha value is -1.94. The van der Waals surface area contributed by atoms with Gasteiger partial charge in [-0.1, -0.05) is 375 Å². The molecule has 0 aromatic heterocycles. The van der Waals surface area contributed by atoms with E-state index in [4.69, 9.17) is 37.0 Å². The summed E-state index contributed by atoms with van der Waals surface area (Å²) in [4.78, 5) is 73.0. The van der Waals surface area contributed by atoms with Crippen LogP contribution in [0.2, 0.25) is 0 Å². The fraction of sp³-hybridized carbons (Fsp3) is 0.951. The molecular formula is C81H158O17P2. The fourth-order valence-electron chi connectivity index (χ4n) is 12.5. The molecule has 17 nitrogen and oxygen atoms in total. The summed E-state index contributed by atoms with van der Waals surface area (Å²) < 4.78 is 68.7. The average molecular weight is 1470 g/mol. The van der Waals surface area contributed by atoms with Crippen LogP contribution in [0.5, 0.6) is 0 Å². The molecule has 0 aliphatic carbocycles. The standard InChI is InChI=1S/C81H158O17P2/c1-7-11-13-15-17-19-21-23-25-27-32-36-40-44-51-57-63-78(83)91-69-76(97-80(85)65-60-54-46-42-38-34-30-29-31-35-39-43-49-55-61-73(5)9-3)71-95-99(87,88)93-67-75(82)68-94-100(89,90)96-72-77(70-92-79(84)64-58-52-48-47-50-56-62-74(6)10-4)98-81(86)66-59-53-45-41-37-33-28-26-24-22-20-18-16-14-12-8-2/h73-77,82H,7-72H2,1-6H3,(H,87,88)(H,89,90)/t73?,74?,75-,76-,77-/m1/s1. The van der Waals surface area contributed by atoms with Crippen LogP contribution in [0.1, 0.15) is 427 Å². The summed E-state index contributed by atoms with van der Waals surface area (Å²) >= 11 is 0. The van der Waals surface area contributed by atoms with E-state index in [-0.39, 0.29) is 25.7 Å². The van der Waals surface area contributed by atoms with Gasteiger partial charge in [0.1, 0.15) is 19.3 Å². The third-order valence-corrected chi connectivity index (χ3v) is 21.6. The second-order valence-corrected chi connectivity index (χ2v) is 32.6. The third-order valence-electron chi connectivity index (χ3n) is 19.7. The number of phosphoric ester groups is 2. The smallest absolute Gasteiger partial charge is 0.462 e. The number of unbranched alkanes of at least 4 members (excludes halogenated alkanes) is 48. The van der Waals surface area contributed by atoms with E-state index in [1.807, 2.05) is 0 Å². The van der Waals surface area contributed by atoms with Gasteiger partial charge >= 0.3 is 39.5 Å². The molecule has 7 atom stereocenters.